The van der Waals surface area contributed by atoms with Crippen LogP contribution >= 0.6 is 11.3 Å². The van der Waals surface area contributed by atoms with Crippen LogP contribution in [-0.4, -0.2) is 66.2 Å². The average Bonchev–Trinajstić information content (AvgIpc) is 3.46. The van der Waals surface area contributed by atoms with E-state index in [4.69, 9.17) is 11.5 Å². The number of primary amides is 2. The predicted octanol–water partition coefficient (Wildman–Crippen LogP) is -0.0984. The van der Waals surface area contributed by atoms with E-state index in [2.05, 4.69) is 4.98 Å². The van der Waals surface area contributed by atoms with Gasteiger partial charge in [-0.25, -0.2) is 9.78 Å². The van der Waals surface area contributed by atoms with E-state index in [1.54, 1.807) is 6.92 Å². The minimum Gasteiger partial charge on any atom is -0.477 e. The summed E-state index contributed by atoms with van der Waals surface area (Å²) in [6, 6.07) is 1.62. The van der Waals surface area contributed by atoms with Crippen molar-refractivity contribution in [1.82, 2.24) is 14.3 Å². The Hall–Kier alpha value is -4.43. The smallest absolute Gasteiger partial charge is 0.477 e. The lowest BCUT2D eigenvalue weighted by atomic mass is 9.77. The lowest BCUT2D eigenvalue weighted by molar-refractivity contribution is -0.576. The summed E-state index contributed by atoms with van der Waals surface area (Å²) in [6.07, 6.45) is 1.90. The number of thiazole rings is 1. The molecule has 6 N–H and O–H groups in total. The summed E-state index contributed by atoms with van der Waals surface area (Å²) in [5, 5.41) is 20.1. The second kappa shape index (κ2) is 8.56. The van der Waals surface area contributed by atoms with E-state index in [9.17, 15) is 34.2 Å². The molecule has 196 valence electrons. The highest BCUT2D eigenvalue weighted by atomic mass is 32.1. The van der Waals surface area contributed by atoms with Crippen molar-refractivity contribution in [3.05, 3.63) is 57.9 Å². The summed E-state index contributed by atoms with van der Waals surface area (Å²) in [6.45, 7) is 4.77. The Morgan fingerprint density at radius 1 is 1.24 bits per heavy atom. The first-order chi connectivity index (χ1) is 17.9. The summed E-state index contributed by atoms with van der Waals surface area (Å²) < 4.78 is 2.41. The molecule has 38 heavy (non-hydrogen) atoms. The Balaban J connectivity index is 1.69. The van der Waals surface area contributed by atoms with E-state index in [-0.39, 0.29) is 33.3 Å². The molecule has 3 aromatic rings. The molecule has 0 radical (unpaired) electrons. The van der Waals surface area contributed by atoms with Gasteiger partial charge in [0, 0.05) is 17.7 Å². The fourth-order valence-electron chi connectivity index (χ4n) is 5.42. The molecule has 1 fully saturated rings. The van der Waals surface area contributed by atoms with Gasteiger partial charge in [-0.05, 0) is 26.0 Å². The third kappa shape index (κ3) is 3.37. The maximum absolute atomic E-state index is 13.6. The highest BCUT2D eigenvalue weighted by Gasteiger charge is 2.60. The molecule has 2 aliphatic rings. The molecule has 4 atom stereocenters. The summed E-state index contributed by atoms with van der Waals surface area (Å²) in [4.78, 5) is 68.5. The number of aromatic nitrogens is 3. The molecule has 0 saturated carbocycles. The van der Waals surface area contributed by atoms with Crippen LogP contribution in [0.2, 0.25) is 0 Å². The molecule has 5 heterocycles. The number of rotatable bonds is 6. The van der Waals surface area contributed by atoms with Crippen LogP contribution in [0.15, 0.2) is 30.2 Å². The fourth-order valence-corrected chi connectivity index (χ4v) is 6.65. The van der Waals surface area contributed by atoms with Crippen molar-refractivity contribution in [2.45, 2.75) is 32.9 Å². The van der Waals surface area contributed by atoms with Gasteiger partial charge in [0.1, 0.15) is 21.9 Å². The van der Waals surface area contributed by atoms with Gasteiger partial charge in [0.25, 0.3) is 5.91 Å². The van der Waals surface area contributed by atoms with Crippen LogP contribution in [0.3, 0.4) is 0 Å². The normalized spacial score (nSPS) is 21.4. The number of fused-ring (bicyclic) bond motifs is 2. The molecule has 1 saturated heterocycles. The molecule has 0 spiro atoms. The predicted molar refractivity (Wildman–Crippen MR) is 131 cm³/mol. The first-order valence-electron chi connectivity index (χ1n) is 11.5. The van der Waals surface area contributed by atoms with Gasteiger partial charge in [-0.1, -0.05) is 6.92 Å². The van der Waals surface area contributed by atoms with Crippen molar-refractivity contribution in [3.8, 4) is 0 Å². The van der Waals surface area contributed by atoms with Crippen molar-refractivity contribution in [3.63, 3.8) is 0 Å². The van der Waals surface area contributed by atoms with Gasteiger partial charge in [-0.3, -0.25) is 24.5 Å². The quantitative estimate of drug-likeness (QED) is 0.189. The first-order valence-corrected chi connectivity index (χ1v) is 12.3. The van der Waals surface area contributed by atoms with Gasteiger partial charge in [0.2, 0.25) is 17.5 Å². The lowest BCUT2D eigenvalue weighted by Gasteiger charge is -2.46. The molecule has 0 aromatic carbocycles. The number of aliphatic hydroxyl groups excluding tert-OH is 1. The van der Waals surface area contributed by atoms with Crippen LogP contribution in [0, 0.1) is 18.8 Å². The third-order valence-corrected chi connectivity index (χ3v) is 8.26. The van der Waals surface area contributed by atoms with Gasteiger partial charge in [-0.15, -0.1) is 11.3 Å². The number of carboxylic acids is 1. The Labute approximate surface area is 218 Å². The Bertz CT molecular complexity index is 1630. The molecule has 5 rings (SSSR count). The second-order valence-electron chi connectivity index (χ2n) is 9.28. The minimum absolute atomic E-state index is 0.117. The van der Waals surface area contributed by atoms with Gasteiger partial charge in [-0.2, -0.15) is 9.36 Å². The van der Waals surface area contributed by atoms with E-state index < -0.39 is 53.6 Å². The number of carbonyl (C=O) groups is 5. The van der Waals surface area contributed by atoms with Gasteiger partial charge in [0.05, 0.1) is 34.7 Å². The SMILES string of the molecule is Cc1c(C(=O)c2nc(C(N)=O)n3cc(C4=C(C(=O)O)N5C(=O)[C@H]([C@@H](C)O)[C@H]5[C@H]4C)sc23)ccc[n+]1C(N)=O. The number of aliphatic hydroxyl groups is 1. The fraction of sp³-hybridized carbons (Fsp3) is 0.292. The van der Waals surface area contributed by atoms with Crippen LogP contribution < -0.4 is 16.0 Å². The van der Waals surface area contributed by atoms with E-state index in [0.717, 1.165) is 15.9 Å². The zero-order valence-corrected chi connectivity index (χ0v) is 21.2. The molecule has 3 aromatic heterocycles. The van der Waals surface area contributed by atoms with Crippen LogP contribution in [0.25, 0.3) is 10.4 Å². The number of nitrogens with two attached hydrogens (primary N) is 2. The number of amides is 3. The van der Waals surface area contributed by atoms with Crippen molar-refractivity contribution < 1.29 is 38.8 Å². The van der Waals surface area contributed by atoms with Crippen LogP contribution in [0.1, 0.15) is 51.1 Å². The summed E-state index contributed by atoms with van der Waals surface area (Å²) in [5.74, 6) is -4.77. The van der Waals surface area contributed by atoms with Gasteiger partial charge >= 0.3 is 12.0 Å². The number of ketones is 1. The van der Waals surface area contributed by atoms with Crippen LogP contribution in [-0.2, 0) is 9.59 Å². The monoisotopic (exact) mass is 539 g/mol. The number of β-lactam (4-membered cyclic amide) rings is 1. The molecule has 13 nitrogen and oxygen atoms in total. The van der Waals surface area contributed by atoms with Gasteiger partial charge in [0.15, 0.2) is 0 Å². The third-order valence-electron chi connectivity index (χ3n) is 7.13. The molecule has 0 bridgehead atoms. The Morgan fingerprint density at radius 2 is 1.92 bits per heavy atom. The van der Waals surface area contributed by atoms with Crippen molar-refractivity contribution in [2.24, 2.45) is 23.3 Å². The molecule has 0 unspecified atom stereocenters. The number of pyridine rings is 1. The number of carboxylic acid groups (broad SMARTS) is 1. The van der Waals surface area contributed by atoms with Crippen LogP contribution in [0.4, 0.5) is 4.79 Å². The second-order valence-corrected chi connectivity index (χ2v) is 10.3. The zero-order valence-electron chi connectivity index (χ0n) is 20.4. The highest BCUT2D eigenvalue weighted by molar-refractivity contribution is 7.18. The van der Waals surface area contributed by atoms with E-state index >= 15 is 0 Å². The van der Waals surface area contributed by atoms with Crippen molar-refractivity contribution in [2.75, 3.05) is 0 Å². The number of nitrogens with zero attached hydrogens (tertiary/aromatic N) is 4. The number of carbonyl (C=O) groups excluding carboxylic acids is 4. The van der Waals surface area contributed by atoms with Crippen molar-refractivity contribution in [1.29, 1.82) is 0 Å². The zero-order chi connectivity index (χ0) is 27.8. The number of aliphatic carboxylic acids is 1. The molecular formula is C24H23N6O7S+. The maximum atomic E-state index is 13.6. The molecule has 2 aliphatic heterocycles. The molecule has 0 aliphatic carbocycles. The van der Waals surface area contributed by atoms with E-state index in [0.29, 0.717) is 10.5 Å². The molecule has 3 amide bonds. The van der Waals surface area contributed by atoms with Crippen molar-refractivity contribution >= 4 is 51.3 Å². The summed E-state index contributed by atoms with van der Waals surface area (Å²) >= 11 is 1.02. The van der Waals surface area contributed by atoms with Gasteiger partial charge < -0.3 is 20.8 Å². The van der Waals surface area contributed by atoms with Crippen LogP contribution in [0.5, 0.6) is 0 Å². The first kappa shape index (κ1) is 25.2. The maximum Gasteiger partial charge on any atom is 0.493 e. The molecular weight excluding hydrogens is 516 g/mol. The van der Waals surface area contributed by atoms with E-state index in [1.807, 2.05) is 0 Å². The Kier molecular flexibility index (Phi) is 5.69. The standard InChI is InChI=1S/C24H22N6O7S/c1-8-13(17(23(35)36)30-16(8)14(10(3)31)21(30)34)12-7-29-20(19(25)33)27-15(22(29)38-12)18(32)11-5-4-6-28(9(11)2)24(26)37/h4-8,10,14,16,31H,1-3H3,(H4-,25,26,33,35,36,37)/p+1/t8-,10+,14+,16+/m0/s1. The number of imidazole rings is 1. The summed E-state index contributed by atoms with van der Waals surface area (Å²) in [7, 11) is 0. The largest absolute Gasteiger partial charge is 0.493 e. The lowest BCUT2D eigenvalue weighted by Crippen LogP contribution is -2.63. The Morgan fingerprint density at radius 3 is 2.50 bits per heavy atom. The highest BCUT2D eigenvalue weighted by Crippen LogP contribution is 2.51. The summed E-state index contributed by atoms with van der Waals surface area (Å²) in [5.41, 5.74) is 11.3. The number of hydrogen-bond acceptors (Lipinski definition) is 8. The number of hydrogen-bond donors (Lipinski definition) is 4. The minimum atomic E-state index is -1.31. The van der Waals surface area contributed by atoms with E-state index in [1.165, 1.54) is 47.7 Å². The topological polar surface area (TPSA) is 202 Å². The molecule has 14 heteroatoms. The average molecular weight is 540 g/mol.